The second-order valence-corrected chi connectivity index (χ2v) is 8.38. The molecule has 0 spiro atoms. The Morgan fingerprint density at radius 2 is 1.79 bits per heavy atom. The summed E-state index contributed by atoms with van der Waals surface area (Å²) in [5.41, 5.74) is 0. The standard InChI is InChI=1S/C20H29N5O2S/c1-15(2)12-23-8-10-24(11-9-23)14-25-20(28)22(3)19(21-25)18-13-26-16-6-4-5-7-17(16)27-18/h4-7,15,18H,8-14H2,1-3H3. The molecular formula is C20H29N5O2S. The van der Waals surface area contributed by atoms with Crippen molar-refractivity contribution in [3.05, 3.63) is 34.9 Å². The van der Waals surface area contributed by atoms with Gasteiger partial charge in [0.25, 0.3) is 0 Å². The van der Waals surface area contributed by atoms with E-state index < -0.39 is 0 Å². The van der Waals surface area contributed by atoms with E-state index in [1.165, 1.54) is 6.54 Å². The van der Waals surface area contributed by atoms with E-state index >= 15 is 0 Å². The van der Waals surface area contributed by atoms with Gasteiger partial charge in [-0.2, -0.15) is 5.10 Å². The van der Waals surface area contributed by atoms with E-state index in [1.54, 1.807) is 0 Å². The summed E-state index contributed by atoms with van der Waals surface area (Å²) in [4.78, 5) is 4.95. The van der Waals surface area contributed by atoms with Gasteiger partial charge in [-0.25, -0.2) is 4.68 Å². The third-order valence-electron chi connectivity index (χ3n) is 5.29. The third kappa shape index (κ3) is 4.09. The smallest absolute Gasteiger partial charge is 0.198 e. The summed E-state index contributed by atoms with van der Waals surface area (Å²) < 4.78 is 16.5. The van der Waals surface area contributed by atoms with Crippen LogP contribution in [-0.2, 0) is 13.7 Å². The largest absolute Gasteiger partial charge is 0.485 e. The van der Waals surface area contributed by atoms with Crippen molar-refractivity contribution in [3.8, 4) is 11.5 Å². The molecule has 4 rings (SSSR count). The summed E-state index contributed by atoms with van der Waals surface area (Å²) in [7, 11) is 1.95. The number of rotatable bonds is 5. The molecule has 152 valence electrons. The van der Waals surface area contributed by atoms with Crippen LogP contribution in [0.4, 0.5) is 0 Å². The fourth-order valence-electron chi connectivity index (χ4n) is 3.84. The molecule has 3 heterocycles. The Morgan fingerprint density at radius 3 is 2.50 bits per heavy atom. The van der Waals surface area contributed by atoms with Gasteiger partial charge in [-0.05, 0) is 30.3 Å². The van der Waals surface area contributed by atoms with Crippen LogP contribution in [-0.4, -0.2) is 63.5 Å². The number of hydrogen-bond acceptors (Lipinski definition) is 6. The molecule has 8 heteroatoms. The van der Waals surface area contributed by atoms with Gasteiger partial charge in [0.15, 0.2) is 28.2 Å². The lowest BCUT2D eigenvalue weighted by molar-refractivity contribution is 0.0801. The molecule has 2 aromatic rings. The summed E-state index contributed by atoms with van der Waals surface area (Å²) in [5.74, 6) is 3.04. The molecule has 2 aliphatic rings. The summed E-state index contributed by atoms with van der Waals surface area (Å²) in [6, 6.07) is 7.73. The molecule has 1 aromatic carbocycles. The molecule has 1 aromatic heterocycles. The van der Waals surface area contributed by atoms with E-state index in [0.29, 0.717) is 24.0 Å². The summed E-state index contributed by atoms with van der Waals surface area (Å²) >= 11 is 5.64. The SMILES string of the molecule is CC(C)CN1CCN(Cn2nc(C3COc4ccccc4O3)n(C)c2=S)CC1. The van der Waals surface area contributed by atoms with Crippen molar-refractivity contribution in [2.45, 2.75) is 26.6 Å². The average molecular weight is 404 g/mol. The first kappa shape index (κ1) is 19.4. The normalized spacial score (nSPS) is 20.6. The lowest BCUT2D eigenvalue weighted by atomic mass is 10.2. The predicted molar refractivity (Wildman–Crippen MR) is 110 cm³/mol. The van der Waals surface area contributed by atoms with Gasteiger partial charge < -0.3 is 18.9 Å². The number of fused-ring (bicyclic) bond motifs is 1. The Labute approximate surface area is 171 Å². The first-order valence-electron chi connectivity index (χ1n) is 9.98. The van der Waals surface area contributed by atoms with Crippen molar-refractivity contribution in [2.75, 3.05) is 39.3 Å². The molecule has 0 radical (unpaired) electrons. The van der Waals surface area contributed by atoms with Crippen molar-refractivity contribution in [1.29, 1.82) is 0 Å². The van der Waals surface area contributed by atoms with E-state index in [2.05, 4.69) is 23.6 Å². The van der Waals surface area contributed by atoms with Crippen LogP contribution in [0.2, 0.25) is 0 Å². The Balaban J connectivity index is 1.43. The minimum absolute atomic E-state index is 0.259. The lowest BCUT2D eigenvalue weighted by Crippen LogP contribution is -2.47. The molecule has 1 saturated heterocycles. The maximum Gasteiger partial charge on any atom is 0.198 e. The maximum atomic E-state index is 6.12. The summed E-state index contributed by atoms with van der Waals surface area (Å²) in [6.07, 6.45) is -0.259. The first-order chi connectivity index (χ1) is 13.5. The first-order valence-corrected chi connectivity index (χ1v) is 10.4. The fraction of sp³-hybridized carbons (Fsp3) is 0.600. The molecule has 7 nitrogen and oxygen atoms in total. The number of nitrogens with zero attached hydrogens (tertiary/aromatic N) is 5. The zero-order valence-corrected chi connectivity index (χ0v) is 17.7. The van der Waals surface area contributed by atoms with E-state index in [1.807, 2.05) is 40.6 Å². The third-order valence-corrected chi connectivity index (χ3v) is 5.78. The zero-order valence-electron chi connectivity index (χ0n) is 16.9. The van der Waals surface area contributed by atoms with Crippen LogP contribution in [0.15, 0.2) is 24.3 Å². The predicted octanol–water partition coefficient (Wildman–Crippen LogP) is 2.69. The van der Waals surface area contributed by atoms with Crippen LogP contribution in [0, 0.1) is 10.7 Å². The van der Waals surface area contributed by atoms with Crippen LogP contribution < -0.4 is 9.47 Å². The molecular weight excluding hydrogens is 374 g/mol. The summed E-state index contributed by atoms with van der Waals surface area (Å²) in [5, 5.41) is 4.78. The minimum atomic E-state index is -0.259. The minimum Gasteiger partial charge on any atom is -0.485 e. The van der Waals surface area contributed by atoms with Crippen LogP contribution in [0.5, 0.6) is 11.5 Å². The molecule has 0 N–H and O–H groups in total. The van der Waals surface area contributed by atoms with Gasteiger partial charge in [0.1, 0.15) is 6.61 Å². The Kier molecular flexibility index (Phi) is 5.70. The lowest BCUT2D eigenvalue weighted by Gasteiger charge is -2.35. The topological polar surface area (TPSA) is 47.7 Å². The number of hydrogen-bond donors (Lipinski definition) is 0. The highest BCUT2D eigenvalue weighted by molar-refractivity contribution is 7.71. The van der Waals surface area contributed by atoms with Gasteiger partial charge in [0.2, 0.25) is 0 Å². The van der Waals surface area contributed by atoms with Crippen molar-refractivity contribution in [3.63, 3.8) is 0 Å². The number of ether oxygens (including phenoxy) is 2. The van der Waals surface area contributed by atoms with Gasteiger partial charge in [-0.1, -0.05) is 26.0 Å². The molecule has 2 aliphatic heterocycles. The molecule has 0 saturated carbocycles. The molecule has 0 bridgehead atoms. The Hall–Kier alpha value is -1.90. The van der Waals surface area contributed by atoms with E-state index in [-0.39, 0.29) is 6.10 Å². The quantitative estimate of drug-likeness (QED) is 0.716. The van der Waals surface area contributed by atoms with Crippen LogP contribution in [0.25, 0.3) is 0 Å². The second-order valence-electron chi connectivity index (χ2n) is 8.02. The Morgan fingerprint density at radius 1 is 1.11 bits per heavy atom. The second kappa shape index (κ2) is 8.23. The van der Waals surface area contributed by atoms with Gasteiger partial charge in [-0.15, -0.1) is 0 Å². The highest BCUT2D eigenvalue weighted by Gasteiger charge is 2.28. The molecule has 1 atom stereocenters. The molecule has 1 unspecified atom stereocenters. The summed E-state index contributed by atoms with van der Waals surface area (Å²) in [6.45, 7) is 11.1. The Bertz CT molecular complexity index is 870. The van der Waals surface area contributed by atoms with Crippen molar-refractivity contribution >= 4 is 12.2 Å². The maximum absolute atomic E-state index is 6.12. The van der Waals surface area contributed by atoms with Crippen molar-refractivity contribution < 1.29 is 9.47 Å². The van der Waals surface area contributed by atoms with Crippen LogP contribution >= 0.6 is 12.2 Å². The highest BCUT2D eigenvalue weighted by atomic mass is 32.1. The average Bonchev–Trinajstić information content (AvgIpc) is 2.97. The monoisotopic (exact) mass is 403 g/mol. The van der Waals surface area contributed by atoms with Crippen molar-refractivity contribution in [2.24, 2.45) is 13.0 Å². The molecule has 0 aliphatic carbocycles. The van der Waals surface area contributed by atoms with Crippen LogP contribution in [0.3, 0.4) is 0 Å². The number of para-hydroxylation sites is 2. The molecule has 1 fully saturated rings. The van der Waals surface area contributed by atoms with Gasteiger partial charge in [-0.3, -0.25) is 4.90 Å². The number of aromatic nitrogens is 3. The zero-order chi connectivity index (χ0) is 19.7. The fourth-order valence-corrected chi connectivity index (χ4v) is 4.04. The van der Waals surface area contributed by atoms with Gasteiger partial charge in [0, 0.05) is 39.8 Å². The molecule has 0 amide bonds. The van der Waals surface area contributed by atoms with Crippen LogP contribution in [0.1, 0.15) is 25.8 Å². The van der Waals surface area contributed by atoms with E-state index in [0.717, 1.165) is 43.5 Å². The number of piperazine rings is 1. The van der Waals surface area contributed by atoms with E-state index in [9.17, 15) is 0 Å². The van der Waals surface area contributed by atoms with Gasteiger partial charge >= 0.3 is 0 Å². The highest BCUT2D eigenvalue weighted by Crippen LogP contribution is 2.35. The number of benzene rings is 1. The van der Waals surface area contributed by atoms with Gasteiger partial charge in [0.05, 0.1) is 6.67 Å². The van der Waals surface area contributed by atoms with Crippen molar-refractivity contribution in [1.82, 2.24) is 24.1 Å². The van der Waals surface area contributed by atoms with E-state index in [4.69, 9.17) is 26.8 Å². The molecule has 28 heavy (non-hydrogen) atoms.